The molecule has 290 valence electrons. The van der Waals surface area contributed by atoms with Crippen LogP contribution in [-0.4, -0.2) is 37.2 Å². The number of esters is 2. The highest BCUT2D eigenvalue weighted by atomic mass is 16.5. The Kier molecular flexibility index (Phi) is 10.1. The van der Waals surface area contributed by atoms with E-state index in [1.165, 1.54) is 18.4 Å². The number of aromatic hydroxyl groups is 1. The number of hydrogen-bond donors (Lipinski definition) is 3. The summed E-state index contributed by atoms with van der Waals surface area (Å²) in [5, 5.41) is 17.8. The van der Waals surface area contributed by atoms with Crippen molar-refractivity contribution in [2.24, 2.45) is 35.0 Å². The highest BCUT2D eigenvalue weighted by Gasteiger charge is 2.68. The molecule has 0 unspecified atom stereocenters. The van der Waals surface area contributed by atoms with Crippen LogP contribution in [0.4, 0.5) is 0 Å². The smallest absolute Gasteiger partial charge is 0.340 e. The molecule has 3 fully saturated rings. The van der Waals surface area contributed by atoms with Crippen molar-refractivity contribution in [3.8, 4) is 16.9 Å². The summed E-state index contributed by atoms with van der Waals surface area (Å²) in [5.74, 6) is 1.78. The number of rotatable bonds is 11. The van der Waals surface area contributed by atoms with Crippen LogP contribution in [0.2, 0.25) is 0 Å². The first kappa shape index (κ1) is 36.9. The average molecular weight is 751 g/mol. The summed E-state index contributed by atoms with van der Waals surface area (Å²) in [4.78, 5) is 29.1. The first-order valence-corrected chi connectivity index (χ1v) is 21.1. The molecule has 7 nitrogen and oxygen atoms in total. The lowest BCUT2D eigenvalue weighted by molar-refractivity contribution is -0.135. The van der Waals surface area contributed by atoms with E-state index in [-0.39, 0.29) is 41.4 Å². The number of ether oxygens (including phenoxy) is 2. The molecule has 10 rings (SSSR count). The van der Waals surface area contributed by atoms with Gasteiger partial charge in [-0.15, -0.1) is 0 Å². The Bertz CT molecular complexity index is 2160. The van der Waals surface area contributed by atoms with E-state index in [1.807, 2.05) is 25.2 Å². The van der Waals surface area contributed by atoms with E-state index in [1.54, 1.807) is 6.07 Å². The van der Waals surface area contributed by atoms with Crippen LogP contribution in [0.1, 0.15) is 81.4 Å². The number of phenols is 1. The maximum Gasteiger partial charge on any atom is 0.340 e. The molecule has 3 heterocycles. The van der Waals surface area contributed by atoms with Crippen molar-refractivity contribution >= 4 is 17.5 Å². The third-order valence-corrected chi connectivity index (χ3v) is 13.9. The monoisotopic (exact) mass is 750 g/mol. The van der Waals surface area contributed by atoms with Gasteiger partial charge in [0.25, 0.3) is 0 Å². The van der Waals surface area contributed by atoms with Gasteiger partial charge in [-0.2, -0.15) is 0 Å². The molecular formula is C49H54N2O5. The Morgan fingerprint density at radius 3 is 2.54 bits per heavy atom. The summed E-state index contributed by atoms with van der Waals surface area (Å²) < 4.78 is 12.8. The van der Waals surface area contributed by atoms with Gasteiger partial charge >= 0.3 is 11.9 Å². The summed E-state index contributed by atoms with van der Waals surface area (Å²) in [6.07, 6.45) is 13.7. The highest BCUT2D eigenvalue weighted by molar-refractivity contribution is 6.07. The third-order valence-electron chi connectivity index (χ3n) is 13.9. The predicted molar refractivity (Wildman–Crippen MR) is 219 cm³/mol. The number of carbonyl (C=O) groups is 2. The predicted octanol–water partition coefficient (Wildman–Crippen LogP) is 9.20. The van der Waals surface area contributed by atoms with Crippen molar-refractivity contribution in [3.05, 3.63) is 130 Å². The van der Waals surface area contributed by atoms with Gasteiger partial charge in [0.05, 0.1) is 11.0 Å². The lowest BCUT2D eigenvalue weighted by Crippen LogP contribution is -2.52. The van der Waals surface area contributed by atoms with Crippen molar-refractivity contribution in [2.75, 3.05) is 20.1 Å². The normalized spacial score (nSPS) is 27.7. The maximum atomic E-state index is 14.8. The second-order valence-electron chi connectivity index (χ2n) is 16.9. The van der Waals surface area contributed by atoms with E-state index in [0.29, 0.717) is 17.3 Å². The van der Waals surface area contributed by atoms with E-state index in [2.05, 4.69) is 78.2 Å². The highest BCUT2D eigenvalue weighted by Crippen LogP contribution is 2.72. The molecule has 3 aromatic carbocycles. The standard InChI is InChI=1S/C49H54N2O5/c1-3-30(25-32-9-5-4-6-10-32)27-42-49-22-19-37(38-17-18-39-41(55-47(53)44(39)45(38)49)14-8-11-31-20-23-51-24-21-31)43(46(49)48(54)56-42)40-28-35(52)15-16-36(40)34-13-7-12-33(26-34)29-50-2/h4-7,9-10,12-16,26-28,30-31,37-38,45,50-52H,3,8,11,17-25,29H2,1-2H3/b41-14?,42-27-/t30-,37+,38-,45+,49+/m0/s1. The van der Waals surface area contributed by atoms with Crippen LogP contribution in [0.5, 0.6) is 5.75 Å². The number of hydrogen-bond acceptors (Lipinski definition) is 7. The summed E-state index contributed by atoms with van der Waals surface area (Å²) in [6.45, 7) is 5.07. The van der Waals surface area contributed by atoms with E-state index in [0.717, 1.165) is 116 Å². The Labute approximate surface area is 331 Å². The molecule has 3 aromatic rings. The second-order valence-corrected chi connectivity index (χ2v) is 16.9. The number of piperidine rings is 1. The molecule has 56 heavy (non-hydrogen) atoms. The quantitative estimate of drug-likeness (QED) is 0.168. The Morgan fingerprint density at radius 1 is 0.911 bits per heavy atom. The van der Waals surface area contributed by atoms with Gasteiger partial charge in [0.1, 0.15) is 17.3 Å². The maximum absolute atomic E-state index is 14.8. The fourth-order valence-electron chi connectivity index (χ4n) is 11.3. The van der Waals surface area contributed by atoms with Crippen LogP contribution >= 0.6 is 0 Å². The van der Waals surface area contributed by atoms with Crippen molar-refractivity contribution < 1.29 is 24.2 Å². The molecule has 7 heteroatoms. The van der Waals surface area contributed by atoms with Gasteiger partial charge in [0, 0.05) is 23.6 Å². The summed E-state index contributed by atoms with van der Waals surface area (Å²) in [6, 6.07) is 24.6. The van der Waals surface area contributed by atoms with Crippen LogP contribution in [0.15, 0.2) is 113 Å². The minimum Gasteiger partial charge on any atom is -0.508 e. The topological polar surface area (TPSA) is 96.9 Å². The first-order valence-electron chi connectivity index (χ1n) is 21.1. The summed E-state index contributed by atoms with van der Waals surface area (Å²) >= 11 is 0. The van der Waals surface area contributed by atoms with Crippen LogP contribution in [0.25, 0.3) is 16.7 Å². The van der Waals surface area contributed by atoms with Crippen LogP contribution in [-0.2, 0) is 32.0 Å². The summed E-state index contributed by atoms with van der Waals surface area (Å²) in [5.41, 5.74) is 7.97. The van der Waals surface area contributed by atoms with Gasteiger partial charge in [0.2, 0.25) is 0 Å². The van der Waals surface area contributed by atoms with E-state index in [4.69, 9.17) is 9.47 Å². The molecule has 5 atom stereocenters. The van der Waals surface area contributed by atoms with Crippen LogP contribution in [0, 0.1) is 35.0 Å². The van der Waals surface area contributed by atoms with Crippen molar-refractivity contribution in [1.82, 2.24) is 10.6 Å². The Hall–Kier alpha value is -4.72. The van der Waals surface area contributed by atoms with Crippen molar-refractivity contribution in [1.29, 1.82) is 0 Å². The van der Waals surface area contributed by atoms with Crippen molar-refractivity contribution in [2.45, 2.75) is 77.7 Å². The zero-order chi connectivity index (χ0) is 38.4. The molecule has 1 saturated carbocycles. The first-order chi connectivity index (χ1) is 27.4. The van der Waals surface area contributed by atoms with E-state index >= 15 is 0 Å². The van der Waals surface area contributed by atoms with E-state index < -0.39 is 5.41 Å². The largest absolute Gasteiger partial charge is 0.508 e. The van der Waals surface area contributed by atoms with Crippen molar-refractivity contribution in [3.63, 3.8) is 0 Å². The van der Waals surface area contributed by atoms with Crippen LogP contribution in [0.3, 0.4) is 0 Å². The second kappa shape index (κ2) is 15.3. The molecular weight excluding hydrogens is 697 g/mol. The lowest BCUT2D eigenvalue weighted by atomic mass is 9.44. The zero-order valence-electron chi connectivity index (χ0n) is 32.7. The fraction of sp³-hybridized carbons (Fsp3) is 0.429. The van der Waals surface area contributed by atoms with Gasteiger partial charge in [-0.05, 0) is 172 Å². The van der Waals surface area contributed by atoms with Crippen LogP contribution < -0.4 is 10.6 Å². The third kappa shape index (κ3) is 6.37. The molecule has 1 spiro atoms. The number of allylic oxidation sites excluding steroid dienone is 5. The Morgan fingerprint density at radius 2 is 1.73 bits per heavy atom. The number of fused-ring (bicyclic) bond motifs is 1. The number of benzene rings is 3. The molecule has 3 aliphatic heterocycles. The fourth-order valence-corrected chi connectivity index (χ4v) is 11.3. The summed E-state index contributed by atoms with van der Waals surface area (Å²) in [7, 11) is 1.94. The van der Waals surface area contributed by atoms with Gasteiger partial charge in [-0.1, -0.05) is 61.5 Å². The van der Waals surface area contributed by atoms with Gasteiger partial charge in [-0.25, -0.2) is 9.59 Å². The molecule has 4 aliphatic carbocycles. The zero-order valence-corrected chi connectivity index (χ0v) is 32.7. The Balaban J connectivity index is 1.20. The minimum absolute atomic E-state index is 0.0193. The molecule has 3 N–H and O–H groups in total. The number of carbonyl (C=O) groups excluding carboxylic acids is 2. The van der Waals surface area contributed by atoms with Gasteiger partial charge in [-0.3, -0.25) is 0 Å². The molecule has 0 amide bonds. The molecule has 2 saturated heterocycles. The molecule has 2 bridgehead atoms. The molecule has 0 aromatic heterocycles. The number of nitrogens with one attached hydrogen (secondary N) is 2. The van der Waals surface area contributed by atoms with Gasteiger partial charge in [0.15, 0.2) is 0 Å². The SMILES string of the molecule is CC[C@H](/C=C1\OC(=O)C2=C(c3cc(O)ccc3-c3cccc(CNC)c3)[C@@H]3CC[C@@]21[C@H]1C2=C(CC[C@@H]31)C(=CCCC1CCNCC1)OC2=O)Cc1ccccc1. The number of phenolic OH excluding ortho intramolecular Hbond substituents is 1. The average Bonchev–Trinajstić information content (AvgIpc) is 3.70. The number of cyclic esters (lactones) is 2. The van der Waals surface area contributed by atoms with Gasteiger partial charge < -0.3 is 25.2 Å². The van der Waals surface area contributed by atoms with E-state index in [9.17, 15) is 14.7 Å². The minimum atomic E-state index is -0.808. The molecule has 0 radical (unpaired) electrons. The molecule has 7 aliphatic rings. The lowest BCUT2D eigenvalue weighted by Gasteiger charge is -2.56.